The van der Waals surface area contributed by atoms with Gasteiger partial charge in [-0.1, -0.05) is 43.3 Å². The number of hydrogen-bond acceptors (Lipinski definition) is 4. The molecule has 0 aromatic heterocycles. The molecule has 1 aliphatic rings. The molecule has 0 atom stereocenters. The Labute approximate surface area is 112 Å². The molecule has 0 aliphatic carbocycles. The van der Waals surface area contributed by atoms with E-state index in [0.717, 1.165) is 23.6 Å². The van der Waals surface area contributed by atoms with E-state index in [1.54, 1.807) is 5.12 Å². The van der Waals surface area contributed by atoms with Crippen molar-refractivity contribution in [2.75, 3.05) is 10.1 Å². The zero-order valence-electron chi connectivity index (χ0n) is 10.8. The van der Waals surface area contributed by atoms with Crippen molar-refractivity contribution >= 4 is 17.2 Å². The lowest BCUT2D eigenvalue weighted by Crippen LogP contribution is -2.43. The van der Waals surface area contributed by atoms with Crippen LogP contribution >= 0.6 is 0 Å². The number of amidine groups is 1. The number of anilines is 2. The third kappa shape index (κ3) is 2.30. The van der Waals surface area contributed by atoms with Gasteiger partial charge in [0.25, 0.3) is 0 Å². The first-order chi connectivity index (χ1) is 9.38. The molecule has 0 saturated carbocycles. The van der Waals surface area contributed by atoms with Gasteiger partial charge in [0.2, 0.25) is 0 Å². The molecule has 1 aliphatic heterocycles. The van der Waals surface area contributed by atoms with Crippen LogP contribution in [-0.4, -0.2) is 5.84 Å². The largest absolute Gasteiger partial charge is 0.242 e. The number of hydrogen-bond donors (Lipinski definition) is 1. The van der Waals surface area contributed by atoms with Crippen LogP contribution in [0.1, 0.15) is 13.3 Å². The van der Waals surface area contributed by atoms with E-state index in [4.69, 9.17) is 0 Å². The number of nitrogens with zero attached hydrogens (tertiary/aromatic N) is 3. The molecule has 4 nitrogen and oxygen atoms in total. The van der Waals surface area contributed by atoms with Crippen LogP contribution < -0.4 is 15.7 Å². The smallest absolute Gasteiger partial charge is 0.147 e. The van der Waals surface area contributed by atoms with Crippen LogP contribution in [-0.2, 0) is 0 Å². The van der Waals surface area contributed by atoms with Gasteiger partial charge in [0.15, 0.2) is 0 Å². The van der Waals surface area contributed by atoms with Crippen molar-refractivity contribution in [1.82, 2.24) is 5.53 Å². The highest BCUT2D eigenvalue weighted by atomic mass is 15.9. The number of rotatable bonds is 3. The summed E-state index contributed by atoms with van der Waals surface area (Å²) in [5.74, 6) is 0.995. The Bertz CT molecular complexity index is 565. The van der Waals surface area contributed by atoms with E-state index in [9.17, 15) is 0 Å². The predicted octanol–water partition coefficient (Wildman–Crippen LogP) is 3.16. The Morgan fingerprint density at radius 3 is 2.05 bits per heavy atom. The fourth-order valence-corrected chi connectivity index (χ4v) is 2.03. The molecule has 0 unspecified atom stereocenters. The van der Waals surface area contributed by atoms with E-state index in [1.807, 2.05) is 53.5 Å². The van der Waals surface area contributed by atoms with Crippen LogP contribution in [0, 0.1) is 0 Å². The van der Waals surface area contributed by atoms with E-state index in [2.05, 4.69) is 29.7 Å². The number of para-hydroxylation sites is 2. The molecular formula is C15H16N4. The highest BCUT2D eigenvalue weighted by Gasteiger charge is 2.23. The number of hydrazone groups is 1. The van der Waals surface area contributed by atoms with Gasteiger partial charge in [-0.15, -0.1) is 10.6 Å². The van der Waals surface area contributed by atoms with E-state index in [-0.39, 0.29) is 0 Å². The second-order valence-electron chi connectivity index (χ2n) is 4.29. The van der Waals surface area contributed by atoms with Gasteiger partial charge < -0.3 is 0 Å². The minimum Gasteiger partial charge on any atom is -0.242 e. The third-order valence-electron chi connectivity index (χ3n) is 3.00. The van der Waals surface area contributed by atoms with Gasteiger partial charge >= 0.3 is 0 Å². The summed E-state index contributed by atoms with van der Waals surface area (Å²) < 4.78 is 0. The maximum atomic E-state index is 4.60. The van der Waals surface area contributed by atoms with Gasteiger partial charge in [-0.2, -0.15) is 5.12 Å². The van der Waals surface area contributed by atoms with Crippen LogP contribution in [0.25, 0.3) is 0 Å². The van der Waals surface area contributed by atoms with Crippen molar-refractivity contribution < 1.29 is 0 Å². The van der Waals surface area contributed by atoms with E-state index in [1.165, 1.54) is 0 Å². The molecule has 96 valence electrons. The maximum Gasteiger partial charge on any atom is 0.147 e. The molecule has 0 bridgehead atoms. The summed E-state index contributed by atoms with van der Waals surface area (Å²) in [7, 11) is 0. The fourth-order valence-electron chi connectivity index (χ4n) is 2.03. The summed E-state index contributed by atoms with van der Waals surface area (Å²) in [5, 5.41) is 8.40. The summed E-state index contributed by atoms with van der Waals surface area (Å²) in [6.07, 6.45) is 0.866. The minimum absolute atomic E-state index is 0.866. The molecule has 0 spiro atoms. The first-order valence-corrected chi connectivity index (χ1v) is 6.42. The molecule has 1 heterocycles. The zero-order chi connectivity index (χ0) is 13.1. The SMILES string of the molecule is CCC1=NN(c2ccccc2)NN1c1ccccc1. The molecule has 19 heavy (non-hydrogen) atoms. The molecular weight excluding hydrogens is 236 g/mol. The van der Waals surface area contributed by atoms with Gasteiger partial charge in [-0.25, -0.2) is 5.01 Å². The van der Waals surface area contributed by atoms with Gasteiger partial charge in [-0.3, -0.25) is 0 Å². The Morgan fingerprint density at radius 1 is 0.895 bits per heavy atom. The predicted molar refractivity (Wildman–Crippen MR) is 78.7 cm³/mol. The summed E-state index contributed by atoms with van der Waals surface area (Å²) >= 11 is 0. The Balaban J connectivity index is 1.89. The second kappa shape index (κ2) is 5.12. The lowest BCUT2D eigenvalue weighted by molar-refractivity contribution is 0.717. The van der Waals surface area contributed by atoms with Crippen LogP contribution in [0.3, 0.4) is 0 Å². The number of nitrogens with one attached hydrogen (secondary N) is 1. The standard InChI is InChI=1S/C15H16N4/c1-2-15-16-19(14-11-7-4-8-12-14)17-18(15)13-9-5-3-6-10-13/h3-12,17H,2H2,1H3. The van der Waals surface area contributed by atoms with E-state index >= 15 is 0 Å². The van der Waals surface area contributed by atoms with Crippen molar-refractivity contribution in [1.29, 1.82) is 0 Å². The van der Waals surface area contributed by atoms with Gasteiger partial charge in [-0.05, 0) is 24.3 Å². The van der Waals surface area contributed by atoms with Crippen molar-refractivity contribution in [3.63, 3.8) is 0 Å². The van der Waals surface area contributed by atoms with Crippen LogP contribution in [0.15, 0.2) is 65.8 Å². The Kier molecular flexibility index (Phi) is 3.16. The summed E-state index contributed by atoms with van der Waals surface area (Å²) in [5.41, 5.74) is 5.39. The quantitative estimate of drug-likeness (QED) is 0.910. The summed E-state index contributed by atoms with van der Waals surface area (Å²) in [4.78, 5) is 0. The molecule has 1 N–H and O–H groups in total. The van der Waals surface area contributed by atoms with E-state index < -0.39 is 0 Å². The molecule has 2 aromatic rings. The zero-order valence-corrected chi connectivity index (χ0v) is 10.8. The maximum absolute atomic E-state index is 4.60. The molecule has 0 saturated heterocycles. The summed E-state index contributed by atoms with van der Waals surface area (Å²) in [6.45, 7) is 2.10. The Morgan fingerprint density at radius 2 is 1.47 bits per heavy atom. The normalized spacial score (nSPS) is 14.7. The molecule has 0 amide bonds. The molecule has 2 aromatic carbocycles. The lowest BCUT2D eigenvalue weighted by atomic mass is 10.3. The van der Waals surface area contributed by atoms with Gasteiger partial charge in [0, 0.05) is 6.42 Å². The van der Waals surface area contributed by atoms with Crippen LogP contribution in [0.2, 0.25) is 0 Å². The number of benzene rings is 2. The van der Waals surface area contributed by atoms with E-state index in [0.29, 0.717) is 0 Å². The summed E-state index contributed by atoms with van der Waals surface area (Å²) in [6, 6.07) is 20.2. The van der Waals surface area contributed by atoms with Gasteiger partial charge in [0.05, 0.1) is 11.4 Å². The average Bonchev–Trinajstić information content (AvgIpc) is 2.93. The molecule has 4 heteroatoms. The topological polar surface area (TPSA) is 30.9 Å². The third-order valence-corrected chi connectivity index (χ3v) is 3.00. The van der Waals surface area contributed by atoms with Gasteiger partial charge in [0.1, 0.15) is 5.84 Å². The Hall–Kier alpha value is -2.33. The van der Waals surface area contributed by atoms with Crippen molar-refractivity contribution in [2.24, 2.45) is 5.10 Å². The molecule has 3 rings (SSSR count). The van der Waals surface area contributed by atoms with Crippen molar-refractivity contribution in [3.05, 3.63) is 60.7 Å². The first kappa shape index (κ1) is 11.7. The molecule has 0 fully saturated rings. The first-order valence-electron chi connectivity index (χ1n) is 6.42. The second-order valence-corrected chi connectivity index (χ2v) is 4.29. The average molecular weight is 252 g/mol. The monoisotopic (exact) mass is 252 g/mol. The highest BCUT2D eigenvalue weighted by molar-refractivity contribution is 5.99. The van der Waals surface area contributed by atoms with Crippen molar-refractivity contribution in [2.45, 2.75) is 13.3 Å². The van der Waals surface area contributed by atoms with Crippen molar-refractivity contribution in [3.8, 4) is 0 Å². The van der Waals surface area contributed by atoms with Crippen LogP contribution in [0.4, 0.5) is 11.4 Å². The molecule has 0 radical (unpaired) electrons. The number of hydrazine groups is 2. The van der Waals surface area contributed by atoms with Crippen LogP contribution in [0.5, 0.6) is 0 Å². The lowest BCUT2D eigenvalue weighted by Gasteiger charge is -2.21. The fraction of sp³-hybridized carbons (Fsp3) is 0.133. The highest BCUT2D eigenvalue weighted by Crippen LogP contribution is 2.21. The minimum atomic E-state index is 0.866.